The maximum atomic E-state index is 11.8. The molecule has 25 heavy (non-hydrogen) atoms. The number of halogens is 1. The third-order valence-electron chi connectivity index (χ3n) is 3.95. The van der Waals surface area contributed by atoms with Crippen LogP contribution >= 0.6 is 11.6 Å². The highest BCUT2D eigenvalue weighted by molar-refractivity contribution is 6.30. The number of H-pyrrole nitrogens is 1. The van der Waals surface area contributed by atoms with Crippen molar-refractivity contribution in [2.75, 3.05) is 0 Å². The van der Waals surface area contributed by atoms with Gasteiger partial charge in [-0.25, -0.2) is 5.43 Å². The van der Waals surface area contributed by atoms with Crippen molar-refractivity contribution in [2.24, 2.45) is 5.10 Å². The zero-order valence-electron chi connectivity index (χ0n) is 14.6. The van der Waals surface area contributed by atoms with Gasteiger partial charge in [0.05, 0.1) is 18.1 Å². The molecule has 5 nitrogen and oxygen atoms in total. The summed E-state index contributed by atoms with van der Waals surface area (Å²) in [5.74, 6) is -0.0525. The first-order chi connectivity index (χ1) is 12.2. The minimum absolute atomic E-state index is 0.0525. The number of carbonyl (C=O) groups is 1. The number of benzene rings is 1. The van der Waals surface area contributed by atoms with Crippen molar-refractivity contribution in [1.29, 1.82) is 0 Å². The van der Waals surface area contributed by atoms with Crippen LogP contribution in [0.1, 0.15) is 57.4 Å². The molecule has 1 aromatic heterocycles. The van der Waals surface area contributed by atoms with Crippen LogP contribution in [0, 0.1) is 0 Å². The van der Waals surface area contributed by atoms with Crippen LogP contribution in [0.3, 0.4) is 0 Å². The Labute approximate surface area is 153 Å². The quantitative estimate of drug-likeness (QED) is 0.358. The molecule has 2 N–H and O–H groups in total. The van der Waals surface area contributed by atoms with Gasteiger partial charge in [0.2, 0.25) is 5.91 Å². The highest BCUT2D eigenvalue weighted by Crippen LogP contribution is 2.21. The fourth-order valence-corrected chi connectivity index (χ4v) is 2.66. The second-order valence-electron chi connectivity index (χ2n) is 6.02. The molecule has 0 saturated carbocycles. The van der Waals surface area contributed by atoms with E-state index in [1.165, 1.54) is 25.7 Å². The van der Waals surface area contributed by atoms with Gasteiger partial charge in [-0.3, -0.25) is 9.89 Å². The standard InChI is InChI=1S/C19H25ClN4O/c1-2-3-4-5-6-7-8-18(25)23-21-13-16-14-22-24-19(16)15-9-11-17(20)12-10-15/h9-14H,2-8H2,1H3,(H,22,24)(H,23,25). The first kappa shape index (κ1) is 19.2. The number of aromatic nitrogens is 2. The lowest BCUT2D eigenvalue weighted by molar-refractivity contribution is -0.121. The summed E-state index contributed by atoms with van der Waals surface area (Å²) in [7, 11) is 0. The van der Waals surface area contributed by atoms with Gasteiger partial charge in [0.15, 0.2) is 0 Å². The van der Waals surface area contributed by atoms with Crippen LogP contribution in [0.4, 0.5) is 0 Å². The molecule has 134 valence electrons. The van der Waals surface area contributed by atoms with Crippen LogP contribution in [0.2, 0.25) is 5.02 Å². The van der Waals surface area contributed by atoms with E-state index in [9.17, 15) is 4.79 Å². The average molecular weight is 361 g/mol. The van der Waals surface area contributed by atoms with Crippen LogP contribution in [0.5, 0.6) is 0 Å². The molecule has 2 aromatic rings. The third kappa shape index (κ3) is 6.70. The zero-order chi connectivity index (χ0) is 17.9. The summed E-state index contributed by atoms with van der Waals surface area (Å²) in [6.07, 6.45) is 10.8. The smallest absolute Gasteiger partial charge is 0.240 e. The molecule has 1 aromatic carbocycles. The molecule has 6 heteroatoms. The van der Waals surface area contributed by atoms with E-state index in [2.05, 4.69) is 27.6 Å². The summed E-state index contributed by atoms with van der Waals surface area (Å²) in [5, 5.41) is 11.7. The fourth-order valence-electron chi connectivity index (χ4n) is 2.54. The Morgan fingerprint density at radius 3 is 2.68 bits per heavy atom. The van der Waals surface area contributed by atoms with Crippen molar-refractivity contribution >= 4 is 23.7 Å². The predicted molar refractivity (Wildman–Crippen MR) is 103 cm³/mol. The topological polar surface area (TPSA) is 70.1 Å². The SMILES string of the molecule is CCCCCCCCC(=O)NN=Cc1cn[nH]c1-c1ccc(Cl)cc1. The van der Waals surface area contributed by atoms with Gasteiger partial charge in [-0.15, -0.1) is 0 Å². The molecule has 1 heterocycles. The van der Waals surface area contributed by atoms with E-state index in [0.717, 1.165) is 29.7 Å². The molecule has 0 saturated heterocycles. The lowest BCUT2D eigenvalue weighted by atomic mass is 10.1. The summed E-state index contributed by atoms with van der Waals surface area (Å²) in [6, 6.07) is 7.45. The maximum absolute atomic E-state index is 11.8. The first-order valence-corrected chi connectivity index (χ1v) is 9.19. The number of hydrogen-bond donors (Lipinski definition) is 2. The third-order valence-corrected chi connectivity index (χ3v) is 4.20. The highest BCUT2D eigenvalue weighted by atomic mass is 35.5. The number of hydrazone groups is 1. The second kappa shape index (κ2) is 10.7. The van der Waals surface area contributed by atoms with Gasteiger partial charge in [-0.1, -0.05) is 62.8 Å². The number of nitrogens with zero attached hydrogens (tertiary/aromatic N) is 2. The Balaban J connectivity index is 1.78. The van der Waals surface area contributed by atoms with Crippen LogP contribution < -0.4 is 5.43 Å². The molecular weight excluding hydrogens is 336 g/mol. The Bertz CT molecular complexity index is 679. The van der Waals surface area contributed by atoms with E-state index in [1.807, 2.05) is 24.3 Å². The molecule has 0 aliphatic carbocycles. The Morgan fingerprint density at radius 1 is 1.20 bits per heavy atom. The molecule has 0 radical (unpaired) electrons. The van der Waals surface area contributed by atoms with Crippen LogP contribution in [-0.4, -0.2) is 22.3 Å². The van der Waals surface area contributed by atoms with Crippen LogP contribution in [0.25, 0.3) is 11.3 Å². The van der Waals surface area contributed by atoms with E-state index in [0.29, 0.717) is 11.4 Å². The summed E-state index contributed by atoms with van der Waals surface area (Å²) < 4.78 is 0. The summed E-state index contributed by atoms with van der Waals surface area (Å²) in [6.45, 7) is 2.20. The predicted octanol–water partition coefficient (Wildman–Crippen LogP) is 4.93. The number of hydrogen-bond acceptors (Lipinski definition) is 3. The molecule has 0 spiro atoms. The Kier molecular flexibility index (Phi) is 8.19. The van der Waals surface area contributed by atoms with Crippen molar-refractivity contribution < 1.29 is 4.79 Å². The van der Waals surface area contributed by atoms with E-state index >= 15 is 0 Å². The molecule has 1 amide bonds. The van der Waals surface area contributed by atoms with Crippen molar-refractivity contribution in [3.05, 3.63) is 41.0 Å². The lowest BCUT2D eigenvalue weighted by Gasteiger charge is -2.01. The number of nitrogens with one attached hydrogen (secondary N) is 2. The zero-order valence-corrected chi connectivity index (χ0v) is 15.4. The van der Waals surface area contributed by atoms with Crippen molar-refractivity contribution in [3.8, 4) is 11.3 Å². The summed E-state index contributed by atoms with van der Waals surface area (Å²) in [4.78, 5) is 11.8. The minimum atomic E-state index is -0.0525. The van der Waals surface area contributed by atoms with Gasteiger partial charge in [-0.2, -0.15) is 10.2 Å². The lowest BCUT2D eigenvalue weighted by Crippen LogP contribution is -2.16. The largest absolute Gasteiger partial charge is 0.277 e. The fraction of sp³-hybridized carbons (Fsp3) is 0.421. The van der Waals surface area contributed by atoms with Crippen molar-refractivity contribution in [2.45, 2.75) is 51.9 Å². The molecule has 0 aliphatic rings. The highest BCUT2D eigenvalue weighted by Gasteiger charge is 2.06. The van der Waals surface area contributed by atoms with Gasteiger partial charge < -0.3 is 0 Å². The number of aromatic amines is 1. The minimum Gasteiger partial charge on any atom is -0.277 e. The van der Waals surface area contributed by atoms with Gasteiger partial charge in [0, 0.05) is 22.6 Å². The van der Waals surface area contributed by atoms with Gasteiger partial charge in [0.1, 0.15) is 0 Å². The van der Waals surface area contributed by atoms with Crippen molar-refractivity contribution in [3.63, 3.8) is 0 Å². The number of rotatable bonds is 10. The van der Waals surface area contributed by atoms with E-state index < -0.39 is 0 Å². The van der Waals surface area contributed by atoms with E-state index in [1.54, 1.807) is 12.4 Å². The van der Waals surface area contributed by atoms with Crippen LogP contribution in [-0.2, 0) is 4.79 Å². The molecular formula is C19H25ClN4O. The van der Waals surface area contributed by atoms with E-state index in [4.69, 9.17) is 11.6 Å². The van der Waals surface area contributed by atoms with E-state index in [-0.39, 0.29) is 5.91 Å². The Hall–Kier alpha value is -2.14. The number of carbonyl (C=O) groups excluding carboxylic acids is 1. The molecule has 0 bridgehead atoms. The molecule has 0 unspecified atom stereocenters. The van der Waals surface area contributed by atoms with Crippen LogP contribution in [0.15, 0.2) is 35.6 Å². The first-order valence-electron chi connectivity index (χ1n) is 8.82. The normalized spacial score (nSPS) is 11.1. The summed E-state index contributed by atoms with van der Waals surface area (Å²) in [5.41, 5.74) is 5.18. The monoisotopic (exact) mass is 360 g/mol. The van der Waals surface area contributed by atoms with Gasteiger partial charge >= 0.3 is 0 Å². The van der Waals surface area contributed by atoms with Crippen molar-refractivity contribution in [1.82, 2.24) is 15.6 Å². The number of amides is 1. The molecule has 0 fully saturated rings. The average Bonchev–Trinajstić information content (AvgIpc) is 3.07. The molecule has 0 aliphatic heterocycles. The Morgan fingerprint density at radius 2 is 1.92 bits per heavy atom. The molecule has 0 atom stereocenters. The van der Waals surface area contributed by atoms with Gasteiger partial charge in [0.25, 0.3) is 0 Å². The summed E-state index contributed by atoms with van der Waals surface area (Å²) >= 11 is 5.91. The van der Waals surface area contributed by atoms with Gasteiger partial charge in [-0.05, 0) is 18.6 Å². The molecule has 2 rings (SSSR count). The second-order valence-corrected chi connectivity index (χ2v) is 6.45. The maximum Gasteiger partial charge on any atom is 0.240 e. The number of unbranched alkanes of at least 4 members (excludes halogenated alkanes) is 5.